The van der Waals surface area contributed by atoms with Gasteiger partial charge in [-0.2, -0.15) is 0 Å². The summed E-state index contributed by atoms with van der Waals surface area (Å²) >= 11 is 6.21. The predicted molar refractivity (Wildman–Crippen MR) is 77.0 cm³/mol. The number of methoxy groups -OCH3 is 1. The molecule has 0 saturated heterocycles. The van der Waals surface area contributed by atoms with E-state index in [2.05, 4.69) is 4.98 Å². The molecule has 98 valence electrons. The molecule has 0 saturated carbocycles. The summed E-state index contributed by atoms with van der Waals surface area (Å²) in [4.78, 5) is 4.39. The molecule has 0 bridgehead atoms. The molecule has 2 heterocycles. The van der Waals surface area contributed by atoms with Gasteiger partial charge in [0.15, 0.2) is 0 Å². The van der Waals surface area contributed by atoms with Crippen molar-refractivity contribution in [3.05, 3.63) is 35.0 Å². The molecule has 19 heavy (non-hydrogen) atoms. The number of rotatable bonds is 1. The molecule has 0 spiro atoms. The number of pyridine rings is 1. The predicted octanol–water partition coefficient (Wildman–Crippen LogP) is 4.08. The first kappa shape index (κ1) is 12.3. The van der Waals surface area contributed by atoms with Crippen LogP contribution in [0.2, 0.25) is 5.15 Å². The lowest BCUT2D eigenvalue weighted by molar-refractivity contribution is 0.161. The average molecular weight is 276 g/mol. The number of aromatic nitrogens is 1. The van der Waals surface area contributed by atoms with Gasteiger partial charge >= 0.3 is 0 Å². The summed E-state index contributed by atoms with van der Waals surface area (Å²) in [5.74, 6) is 1.54. The summed E-state index contributed by atoms with van der Waals surface area (Å²) < 4.78 is 11.3. The summed E-state index contributed by atoms with van der Waals surface area (Å²) in [6.07, 6.45) is 3.95. The zero-order chi connectivity index (χ0) is 13.6. The molecule has 0 radical (unpaired) electrons. The molecule has 2 aromatic rings. The largest absolute Gasteiger partial charge is 0.497 e. The molecular weight excluding hydrogens is 262 g/mol. The molecule has 4 heteroatoms. The van der Waals surface area contributed by atoms with E-state index in [9.17, 15) is 0 Å². The van der Waals surface area contributed by atoms with Crippen molar-refractivity contribution in [1.82, 2.24) is 4.98 Å². The fourth-order valence-corrected chi connectivity index (χ4v) is 2.40. The summed E-state index contributed by atoms with van der Waals surface area (Å²) in [6.45, 7) is 4.01. The lowest BCUT2D eigenvalue weighted by Crippen LogP contribution is -2.27. The fourth-order valence-electron chi connectivity index (χ4n) is 2.16. The molecule has 1 aromatic carbocycles. The molecule has 3 rings (SSSR count). The molecule has 0 aliphatic carbocycles. The van der Waals surface area contributed by atoms with E-state index in [1.54, 1.807) is 7.11 Å². The van der Waals surface area contributed by atoms with Gasteiger partial charge in [-0.05, 0) is 44.2 Å². The minimum atomic E-state index is -0.353. The van der Waals surface area contributed by atoms with Gasteiger partial charge in [0.2, 0.25) is 0 Å². The first-order chi connectivity index (χ1) is 9.00. The quantitative estimate of drug-likeness (QED) is 0.735. The van der Waals surface area contributed by atoms with E-state index in [4.69, 9.17) is 21.1 Å². The zero-order valence-corrected chi connectivity index (χ0v) is 11.8. The van der Waals surface area contributed by atoms with Gasteiger partial charge in [0.1, 0.15) is 22.3 Å². The van der Waals surface area contributed by atoms with Crippen LogP contribution in [0.3, 0.4) is 0 Å². The van der Waals surface area contributed by atoms with Crippen LogP contribution >= 0.6 is 11.6 Å². The minimum Gasteiger partial charge on any atom is -0.497 e. The molecular formula is C15H14ClNO2. The van der Waals surface area contributed by atoms with Gasteiger partial charge in [0, 0.05) is 5.39 Å². The van der Waals surface area contributed by atoms with Gasteiger partial charge in [-0.1, -0.05) is 11.6 Å². The van der Waals surface area contributed by atoms with Crippen LogP contribution < -0.4 is 9.47 Å². The number of hydrogen-bond donors (Lipinski definition) is 0. The van der Waals surface area contributed by atoms with Crippen LogP contribution in [0.15, 0.2) is 24.3 Å². The van der Waals surface area contributed by atoms with E-state index in [-0.39, 0.29) is 5.60 Å². The lowest BCUT2D eigenvalue weighted by Gasteiger charge is -2.29. The molecule has 0 unspecified atom stereocenters. The van der Waals surface area contributed by atoms with Crippen molar-refractivity contribution in [2.75, 3.05) is 7.11 Å². The Hall–Kier alpha value is -1.74. The monoisotopic (exact) mass is 275 g/mol. The third kappa shape index (κ3) is 2.04. The van der Waals surface area contributed by atoms with Gasteiger partial charge in [-0.25, -0.2) is 4.98 Å². The second kappa shape index (κ2) is 4.14. The van der Waals surface area contributed by atoms with Crippen LogP contribution in [-0.2, 0) is 0 Å². The summed E-state index contributed by atoms with van der Waals surface area (Å²) in [5, 5.41) is 1.37. The Balaban J connectivity index is 2.33. The molecule has 1 aliphatic rings. The summed E-state index contributed by atoms with van der Waals surface area (Å²) in [7, 11) is 1.64. The first-order valence-corrected chi connectivity index (χ1v) is 6.43. The number of benzene rings is 1. The number of ether oxygens (including phenoxy) is 2. The van der Waals surface area contributed by atoms with E-state index in [1.807, 2.05) is 44.2 Å². The highest BCUT2D eigenvalue weighted by Gasteiger charge is 2.25. The Morgan fingerprint density at radius 3 is 2.84 bits per heavy atom. The van der Waals surface area contributed by atoms with Crippen molar-refractivity contribution in [1.29, 1.82) is 0 Å². The minimum absolute atomic E-state index is 0.353. The second-order valence-corrected chi connectivity index (χ2v) is 5.43. The number of fused-ring (bicyclic) bond motifs is 3. The molecule has 1 aliphatic heterocycles. The van der Waals surface area contributed by atoms with E-state index < -0.39 is 0 Å². The molecule has 0 N–H and O–H groups in total. The van der Waals surface area contributed by atoms with Crippen LogP contribution in [0, 0.1) is 0 Å². The standard InChI is InChI=1S/C15H14ClNO2/c1-15(2)7-6-10-13(19-15)11-8-9(18-3)4-5-12(11)17-14(10)16/h4-8H,1-3H3. The molecule has 0 fully saturated rings. The lowest BCUT2D eigenvalue weighted by atomic mass is 10.0. The van der Waals surface area contributed by atoms with Crippen LogP contribution in [0.4, 0.5) is 0 Å². The SMILES string of the molecule is COc1ccc2nc(Cl)c3c(c2c1)OC(C)(C)C=C3. The zero-order valence-electron chi connectivity index (χ0n) is 11.0. The molecule has 0 amide bonds. The number of hydrogen-bond acceptors (Lipinski definition) is 3. The van der Waals surface area contributed by atoms with Gasteiger partial charge in [-0.3, -0.25) is 0 Å². The van der Waals surface area contributed by atoms with Gasteiger partial charge in [-0.15, -0.1) is 0 Å². The highest BCUT2D eigenvalue weighted by molar-refractivity contribution is 6.31. The molecule has 3 nitrogen and oxygen atoms in total. The summed E-state index contributed by atoms with van der Waals surface area (Å²) in [6, 6.07) is 5.67. The van der Waals surface area contributed by atoms with E-state index >= 15 is 0 Å². The average Bonchev–Trinajstić information content (AvgIpc) is 2.37. The van der Waals surface area contributed by atoms with E-state index in [1.165, 1.54) is 0 Å². The van der Waals surface area contributed by atoms with Crippen molar-refractivity contribution in [3.63, 3.8) is 0 Å². The van der Waals surface area contributed by atoms with Gasteiger partial charge < -0.3 is 9.47 Å². The molecule has 1 aromatic heterocycles. The fraction of sp³-hybridized carbons (Fsp3) is 0.267. The Kier molecular flexibility index (Phi) is 2.68. The number of nitrogens with zero attached hydrogens (tertiary/aromatic N) is 1. The van der Waals surface area contributed by atoms with E-state index in [0.29, 0.717) is 5.15 Å². The normalized spacial score (nSPS) is 16.0. The number of halogens is 1. The van der Waals surface area contributed by atoms with Crippen LogP contribution in [0.5, 0.6) is 11.5 Å². The van der Waals surface area contributed by atoms with Crippen LogP contribution in [0.25, 0.3) is 17.0 Å². The van der Waals surface area contributed by atoms with Gasteiger partial charge in [0.05, 0.1) is 18.2 Å². The Labute approximate surface area is 116 Å². The van der Waals surface area contributed by atoms with Gasteiger partial charge in [0.25, 0.3) is 0 Å². The third-order valence-electron chi connectivity index (χ3n) is 3.15. The Morgan fingerprint density at radius 1 is 1.32 bits per heavy atom. The maximum atomic E-state index is 6.21. The highest BCUT2D eigenvalue weighted by Crippen LogP contribution is 2.40. The smallest absolute Gasteiger partial charge is 0.140 e. The molecule has 0 atom stereocenters. The van der Waals surface area contributed by atoms with E-state index in [0.717, 1.165) is 28.0 Å². The maximum absolute atomic E-state index is 6.21. The Morgan fingerprint density at radius 2 is 2.11 bits per heavy atom. The van der Waals surface area contributed by atoms with Crippen molar-refractivity contribution in [2.24, 2.45) is 0 Å². The van der Waals surface area contributed by atoms with Crippen molar-refractivity contribution in [2.45, 2.75) is 19.4 Å². The van der Waals surface area contributed by atoms with Crippen molar-refractivity contribution in [3.8, 4) is 11.5 Å². The van der Waals surface area contributed by atoms with Crippen molar-refractivity contribution >= 4 is 28.6 Å². The third-order valence-corrected chi connectivity index (χ3v) is 3.44. The van der Waals surface area contributed by atoms with Crippen LogP contribution in [-0.4, -0.2) is 17.7 Å². The maximum Gasteiger partial charge on any atom is 0.140 e. The summed E-state index contributed by atoms with van der Waals surface area (Å²) in [5.41, 5.74) is 1.27. The van der Waals surface area contributed by atoms with Crippen LogP contribution in [0.1, 0.15) is 19.4 Å². The van der Waals surface area contributed by atoms with Crippen molar-refractivity contribution < 1.29 is 9.47 Å². The first-order valence-electron chi connectivity index (χ1n) is 6.06. The topological polar surface area (TPSA) is 31.4 Å². The Bertz CT molecular complexity index is 692. The second-order valence-electron chi connectivity index (χ2n) is 5.07. The highest BCUT2D eigenvalue weighted by atomic mass is 35.5.